The Morgan fingerprint density at radius 2 is 1.88 bits per heavy atom. The van der Waals surface area contributed by atoms with Crippen LogP contribution in [0.15, 0.2) is 54.9 Å². The number of nitrogens with zero attached hydrogens (tertiary/aromatic N) is 2. The van der Waals surface area contributed by atoms with Gasteiger partial charge in [-0.05, 0) is 54.4 Å². The number of nitrogens with one attached hydrogen (secondary N) is 1. The maximum Gasteiger partial charge on any atom is 0.123 e. The van der Waals surface area contributed by atoms with Crippen LogP contribution in [0.5, 0.6) is 0 Å². The summed E-state index contributed by atoms with van der Waals surface area (Å²) in [5.41, 5.74) is 1.95. The average molecular weight is 392 g/mol. The van der Waals surface area contributed by atoms with Crippen LogP contribution >= 0.6 is 23.2 Å². The van der Waals surface area contributed by atoms with Gasteiger partial charge in [0, 0.05) is 29.0 Å². The third kappa shape index (κ3) is 4.85. The van der Waals surface area contributed by atoms with Crippen molar-refractivity contribution in [2.75, 3.05) is 6.54 Å². The number of imidazole rings is 1. The summed E-state index contributed by atoms with van der Waals surface area (Å²) in [7, 11) is 0. The van der Waals surface area contributed by atoms with E-state index in [1.54, 1.807) is 24.4 Å². The van der Waals surface area contributed by atoms with Crippen LogP contribution in [-0.4, -0.2) is 21.4 Å². The Kier molecular flexibility index (Phi) is 6.30. The number of hydrogen-bond donors (Lipinski definition) is 1. The fourth-order valence-electron chi connectivity index (χ4n) is 3.12. The molecular weight excluding hydrogens is 372 g/mol. The number of benzene rings is 2. The van der Waals surface area contributed by atoms with Gasteiger partial charge in [-0.15, -0.1) is 0 Å². The van der Waals surface area contributed by atoms with Crippen molar-refractivity contribution in [3.05, 3.63) is 87.7 Å². The van der Waals surface area contributed by atoms with Gasteiger partial charge >= 0.3 is 0 Å². The molecule has 0 saturated carbocycles. The van der Waals surface area contributed by atoms with E-state index < -0.39 is 0 Å². The molecule has 0 amide bonds. The summed E-state index contributed by atoms with van der Waals surface area (Å²) >= 11 is 12.3. The first-order valence-electron chi connectivity index (χ1n) is 8.48. The highest BCUT2D eigenvalue weighted by Crippen LogP contribution is 2.27. The Balaban J connectivity index is 1.89. The van der Waals surface area contributed by atoms with Crippen molar-refractivity contribution >= 4 is 23.2 Å². The quantitative estimate of drug-likeness (QED) is 0.563. The lowest BCUT2D eigenvalue weighted by Crippen LogP contribution is -2.30. The van der Waals surface area contributed by atoms with Crippen molar-refractivity contribution in [2.24, 2.45) is 0 Å². The molecule has 0 aliphatic heterocycles. The molecule has 3 rings (SSSR count). The summed E-state index contributed by atoms with van der Waals surface area (Å²) in [6.07, 6.45) is 4.24. The average Bonchev–Trinajstić information content (AvgIpc) is 3.11. The van der Waals surface area contributed by atoms with E-state index in [1.165, 1.54) is 6.07 Å². The number of aromatic nitrogens is 2. The van der Waals surface area contributed by atoms with Crippen LogP contribution in [0, 0.1) is 5.82 Å². The maximum absolute atomic E-state index is 13.6. The Morgan fingerprint density at radius 3 is 2.50 bits per heavy atom. The molecule has 0 bridgehead atoms. The number of hydrogen-bond acceptors (Lipinski definition) is 2. The fraction of sp³-hybridized carbons (Fsp3) is 0.250. The first-order valence-corrected chi connectivity index (χ1v) is 9.23. The van der Waals surface area contributed by atoms with Gasteiger partial charge in [-0.25, -0.2) is 9.37 Å². The zero-order valence-corrected chi connectivity index (χ0v) is 15.9. The summed E-state index contributed by atoms with van der Waals surface area (Å²) in [4.78, 5) is 9.91. The minimum Gasteiger partial charge on any atom is -0.347 e. The molecule has 0 saturated heterocycles. The summed E-state index contributed by atoms with van der Waals surface area (Å²) in [5, 5.41) is 1.22. The van der Waals surface area contributed by atoms with Gasteiger partial charge in [0.2, 0.25) is 0 Å². The van der Waals surface area contributed by atoms with E-state index in [-0.39, 0.29) is 11.9 Å². The third-order valence-corrected chi connectivity index (χ3v) is 4.74. The number of aromatic amines is 1. The van der Waals surface area contributed by atoms with E-state index in [9.17, 15) is 4.39 Å². The summed E-state index contributed by atoms with van der Waals surface area (Å²) in [6, 6.07) is 12.2. The molecule has 3 aromatic rings. The predicted molar refractivity (Wildman–Crippen MR) is 104 cm³/mol. The highest BCUT2D eigenvalue weighted by molar-refractivity contribution is 6.34. The van der Waals surface area contributed by atoms with Gasteiger partial charge in [0.1, 0.15) is 11.6 Å². The van der Waals surface area contributed by atoms with Gasteiger partial charge in [0.15, 0.2) is 0 Å². The Bertz CT molecular complexity index is 832. The molecule has 2 aromatic carbocycles. The SMILES string of the molecule is CCN(Cc1cccc(F)c1)C(Cc1cc(Cl)cc(Cl)c1)c1ncc[nH]1. The Labute approximate surface area is 162 Å². The minimum absolute atomic E-state index is 0.00667. The standard InChI is InChI=1S/C20H20Cl2FN3/c1-2-26(13-14-4-3-5-18(23)10-14)19(20-24-6-7-25-20)11-15-8-16(21)12-17(22)9-15/h3-10,12,19H,2,11,13H2,1H3,(H,24,25). The first-order chi connectivity index (χ1) is 12.5. The molecule has 1 atom stereocenters. The molecule has 26 heavy (non-hydrogen) atoms. The second-order valence-corrected chi connectivity index (χ2v) is 7.04. The van der Waals surface area contributed by atoms with Gasteiger partial charge in [-0.2, -0.15) is 0 Å². The van der Waals surface area contributed by atoms with E-state index in [0.29, 0.717) is 23.0 Å². The van der Waals surface area contributed by atoms with Crippen molar-refractivity contribution < 1.29 is 4.39 Å². The fourth-order valence-corrected chi connectivity index (χ4v) is 3.69. The third-order valence-electron chi connectivity index (χ3n) is 4.31. The molecule has 136 valence electrons. The molecule has 1 N–H and O–H groups in total. The highest BCUT2D eigenvalue weighted by Gasteiger charge is 2.22. The molecular formula is C20H20Cl2FN3. The first kappa shape index (κ1) is 18.9. The molecule has 6 heteroatoms. The zero-order chi connectivity index (χ0) is 18.5. The molecule has 0 spiro atoms. The van der Waals surface area contributed by atoms with E-state index in [1.807, 2.05) is 24.4 Å². The van der Waals surface area contributed by atoms with Gasteiger partial charge in [-0.3, -0.25) is 4.90 Å². The molecule has 0 fully saturated rings. The van der Waals surface area contributed by atoms with Crippen LogP contribution in [0.25, 0.3) is 0 Å². The van der Waals surface area contributed by atoms with Crippen LogP contribution in [0.1, 0.15) is 29.9 Å². The lowest BCUT2D eigenvalue weighted by Gasteiger charge is -2.30. The van der Waals surface area contributed by atoms with Crippen LogP contribution < -0.4 is 0 Å². The van der Waals surface area contributed by atoms with Crippen LogP contribution in [-0.2, 0) is 13.0 Å². The van der Waals surface area contributed by atoms with Gasteiger partial charge in [0.05, 0.1) is 6.04 Å². The van der Waals surface area contributed by atoms with Gasteiger partial charge < -0.3 is 4.98 Å². The van der Waals surface area contributed by atoms with Crippen molar-refractivity contribution in [3.63, 3.8) is 0 Å². The van der Waals surface area contributed by atoms with Crippen LogP contribution in [0.4, 0.5) is 4.39 Å². The second-order valence-electron chi connectivity index (χ2n) is 6.17. The maximum atomic E-state index is 13.6. The van der Waals surface area contributed by atoms with Crippen LogP contribution in [0.3, 0.4) is 0 Å². The monoisotopic (exact) mass is 391 g/mol. The lowest BCUT2D eigenvalue weighted by molar-refractivity contribution is 0.190. The Morgan fingerprint density at radius 1 is 1.12 bits per heavy atom. The lowest BCUT2D eigenvalue weighted by atomic mass is 10.0. The molecule has 0 aliphatic rings. The molecule has 0 aliphatic carbocycles. The van der Waals surface area contributed by atoms with Crippen molar-refractivity contribution in [1.82, 2.24) is 14.9 Å². The van der Waals surface area contributed by atoms with Crippen molar-refractivity contribution in [3.8, 4) is 0 Å². The van der Waals surface area contributed by atoms with Crippen molar-refractivity contribution in [1.29, 1.82) is 0 Å². The number of likely N-dealkylation sites (N-methyl/N-ethyl adjacent to an activating group) is 1. The molecule has 1 aromatic heterocycles. The van der Waals surface area contributed by atoms with Crippen LogP contribution in [0.2, 0.25) is 10.0 Å². The molecule has 1 unspecified atom stereocenters. The highest BCUT2D eigenvalue weighted by atomic mass is 35.5. The van der Waals surface area contributed by atoms with E-state index in [0.717, 1.165) is 23.5 Å². The Hall–Kier alpha value is -1.88. The topological polar surface area (TPSA) is 31.9 Å². The zero-order valence-electron chi connectivity index (χ0n) is 14.4. The largest absolute Gasteiger partial charge is 0.347 e. The number of halogens is 3. The molecule has 3 nitrogen and oxygen atoms in total. The van der Waals surface area contributed by atoms with E-state index >= 15 is 0 Å². The second kappa shape index (κ2) is 8.67. The van der Waals surface area contributed by atoms with E-state index in [2.05, 4.69) is 21.8 Å². The molecule has 1 heterocycles. The molecule has 0 radical (unpaired) electrons. The number of rotatable bonds is 7. The van der Waals surface area contributed by atoms with Gasteiger partial charge in [-0.1, -0.05) is 42.3 Å². The van der Waals surface area contributed by atoms with Crippen molar-refractivity contribution in [2.45, 2.75) is 25.9 Å². The number of H-pyrrole nitrogens is 1. The minimum atomic E-state index is -0.227. The smallest absolute Gasteiger partial charge is 0.123 e. The van der Waals surface area contributed by atoms with E-state index in [4.69, 9.17) is 23.2 Å². The predicted octanol–water partition coefficient (Wildman–Crippen LogP) is 5.66. The van der Waals surface area contributed by atoms with Gasteiger partial charge in [0.25, 0.3) is 0 Å². The summed E-state index contributed by atoms with van der Waals surface area (Å²) < 4.78 is 13.6. The summed E-state index contributed by atoms with van der Waals surface area (Å²) in [6.45, 7) is 3.49. The summed E-state index contributed by atoms with van der Waals surface area (Å²) in [5.74, 6) is 0.633. The normalized spacial score (nSPS) is 12.5.